The van der Waals surface area contributed by atoms with Gasteiger partial charge in [-0.05, 0) is 32.6 Å². The van der Waals surface area contributed by atoms with E-state index >= 15 is 0 Å². The van der Waals surface area contributed by atoms with E-state index in [9.17, 15) is 4.79 Å². The van der Waals surface area contributed by atoms with Crippen molar-refractivity contribution in [3.05, 3.63) is 0 Å². The van der Waals surface area contributed by atoms with Gasteiger partial charge in [0.15, 0.2) is 0 Å². The van der Waals surface area contributed by atoms with Gasteiger partial charge in [-0.1, -0.05) is 0 Å². The summed E-state index contributed by atoms with van der Waals surface area (Å²) in [6.45, 7) is 1.38. The van der Waals surface area contributed by atoms with Crippen molar-refractivity contribution >= 4 is 36.9 Å². The molecule has 1 unspecified atom stereocenters. The zero-order valence-electron chi connectivity index (χ0n) is 8.65. The molecule has 15 heavy (non-hydrogen) atoms. The van der Waals surface area contributed by atoms with E-state index in [0.29, 0.717) is 0 Å². The van der Waals surface area contributed by atoms with Crippen molar-refractivity contribution in [2.24, 2.45) is 5.73 Å². The van der Waals surface area contributed by atoms with E-state index in [1.807, 2.05) is 0 Å². The summed E-state index contributed by atoms with van der Waals surface area (Å²) in [5.74, 6) is -0.343. The first-order chi connectivity index (χ1) is 6.04. The van der Waals surface area contributed by atoms with Crippen LogP contribution in [0.2, 0.25) is 0 Å². The Morgan fingerprint density at radius 2 is 1.60 bits per heavy atom. The average Bonchev–Trinajstić information content (AvgIpc) is 1.80. The predicted molar refractivity (Wildman–Crippen MR) is 63.1 cm³/mol. The second-order valence-electron chi connectivity index (χ2n) is 2.79. The highest BCUT2D eigenvalue weighted by atomic mass is 35.5. The van der Waals surface area contributed by atoms with E-state index < -0.39 is 12.8 Å². The molecular formula is C6H17ClNO5PS. The van der Waals surface area contributed by atoms with Crippen molar-refractivity contribution in [3.63, 3.8) is 0 Å². The van der Waals surface area contributed by atoms with Crippen LogP contribution in [0.4, 0.5) is 0 Å². The molecule has 0 spiro atoms. The molecule has 0 aromatic heterocycles. The van der Waals surface area contributed by atoms with Crippen molar-refractivity contribution in [1.29, 1.82) is 0 Å². The zero-order chi connectivity index (χ0) is 11.9. The first-order valence-corrected chi connectivity index (χ1v) is 6.44. The fourth-order valence-electron chi connectivity index (χ4n) is 0.340. The normalized spacial score (nSPS) is 12.0. The molecule has 0 heterocycles. The van der Waals surface area contributed by atoms with Gasteiger partial charge >= 0.3 is 12.7 Å². The Morgan fingerprint density at radius 1 is 1.33 bits per heavy atom. The standard InChI is InChI=1S/C6H13NO2.ClH.H3O3PS/c1-4(2)9-6(8)5(3)7;;1-4(2,3)5/h4-5H,7H2,1-3H3;1H;(H3,1,2,3,5). The van der Waals surface area contributed by atoms with Gasteiger partial charge in [-0.15, -0.1) is 12.4 Å². The third-order valence-corrected chi connectivity index (χ3v) is 0.724. The van der Waals surface area contributed by atoms with E-state index in [4.69, 9.17) is 25.2 Å². The SMILES string of the molecule is CC(C)OC(=O)C(C)N.Cl.OP(O)(O)=S. The smallest absolute Gasteiger partial charge is 0.322 e. The van der Waals surface area contributed by atoms with E-state index in [1.165, 1.54) is 0 Å². The lowest BCUT2D eigenvalue weighted by Crippen LogP contribution is -2.30. The number of carbonyl (C=O) groups is 1. The van der Waals surface area contributed by atoms with Gasteiger partial charge in [0.25, 0.3) is 0 Å². The molecule has 0 bridgehead atoms. The van der Waals surface area contributed by atoms with Crippen LogP contribution < -0.4 is 5.73 Å². The minimum absolute atomic E-state index is 0. The summed E-state index contributed by atoms with van der Waals surface area (Å²) in [5, 5.41) is 0. The Hall–Kier alpha value is 0.250. The van der Waals surface area contributed by atoms with E-state index in [-0.39, 0.29) is 24.5 Å². The van der Waals surface area contributed by atoms with Crippen LogP contribution in [0.25, 0.3) is 0 Å². The Bertz CT molecular complexity index is 211. The molecule has 0 aliphatic heterocycles. The zero-order valence-corrected chi connectivity index (χ0v) is 11.2. The maximum Gasteiger partial charge on any atom is 0.322 e. The largest absolute Gasteiger partial charge is 0.462 e. The molecule has 1 atom stereocenters. The number of carbonyl (C=O) groups excluding carboxylic acids is 1. The maximum atomic E-state index is 10.6. The molecule has 0 saturated carbocycles. The number of nitrogens with two attached hydrogens (primary N) is 1. The number of ether oxygens (including phenoxy) is 1. The van der Waals surface area contributed by atoms with Gasteiger partial charge in [0.05, 0.1) is 6.10 Å². The minimum atomic E-state index is -3.81. The van der Waals surface area contributed by atoms with E-state index in [1.54, 1.807) is 20.8 Å². The fraction of sp³-hybridized carbons (Fsp3) is 0.833. The van der Waals surface area contributed by atoms with Crippen LogP contribution >= 0.6 is 19.1 Å². The molecule has 0 rings (SSSR count). The summed E-state index contributed by atoms with van der Waals surface area (Å²) >= 11 is 3.60. The summed E-state index contributed by atoms with van der Waals surface area (Å²) in [4.78, 5) is 33.3. The second kappa shape index (κ2) is 9.47. The van der Waals surface area contributed by atoms with E-state index in [0.717, 1.165) is 0 Å². The Kier molecular flexibility index (Phi) is 13.0. The Labute approximate surface area is 100 Å². The first-order valence-electron chi connectivity index (χ1n) is 3.78. The molecule has 0 aliphatic carbocycles. The summed E-state index contributed by atoms with van der Waals surface area (Å²) in [5.41, 5.74) is 5.21. The molecule has 0 saturated heterocycles. The molecule has 6 nitrogen and oxygen atoms in total. The lowest BCUT2D eigenvalue weighted by Gasteiger charge is -2.08. The molecule has 0 aromatic rings. The molecule has 0 amide bonds. The molecular weight excluding hydrogens is 265 g/mol. The summed E-state index contributed by atoms with van der Waals surface area (Å²) < 4.78 is 4.75. The van der Waals surface area contributed by atoms with Gasteiger partial charge < -0.3 is 25.2 Å². The highest BCUT2D eigenvalue weighted by Crippen LogP contribution is 2.26. The van der Waals surface area contributed by atoms with Crippen LogP contribution in [0.5, 0.6) is 0 Å². The van der Waals surface area contributed by atoms with Crippen molar-refractivity contribution in [2.45, 2.75) is 32.9 Å². The molecule has 0 radical (unpaired) electrons. The van der Waals surface area contributed by atoms with Crippen LogP contribution in [-0.4, -0.2) is 32.8 Å². The minimum Gasteiger partial charge on any atom is -0.462 e. The van der Waals surface area contributed by atoms with Gasteiger partial charge in [-0.3, -0.25) is 4.79 Å². The van der Waals surface area contributed by atoms with Crippen molar-refractivity contribution in [1.82, 2.24) is 0 Å². The van der Waals surface area contributed by atoms with Crippen molar-refractivity contribution in [2.75, 3.05) is 0 Å². The van der Waals surface area contributed by atoms with Gasteiger partial charge in [0.1, 0.15) is 6.04 Å². The number of esters is 1. The van der Waals surface area contributed by atoms with E-state index in [2.05, 4.69) is 11.8 Å². The quantitative estimate of drug-likeness (QED) is 0.413. The second-order valence-corrected chi connectivity index (χ2v) is 5.28. The third-order valence-electron chi connectivity index (χ3n) is 0.724. The predicted octanol–water partition coefficient (Wildman–Crippen LogP) is -0.105. The summed E-state index contributed by atoms with van der Waals surface area (Å²) in [6.07, 6.45) is -0.0662. The highest BCUT2D eigenvalue weighted by Gasteiger charge is 2.09. The Balaban J connectivity index is -0.000000208. The van der Waals surface area contributed by atoms with Crippen molar-refractivity contribution in [3.8, 4) is 0 Å². The monoisotopic (exact) mass is 281 g/mol. The lowest BCUT2D eigenvalue weighted by molar-refractivity contribution is -0.148. The van der Waals surface area contributed by atoms with Crippen LogP contribution in [0.3, 0.4) is 0 Å². The van der Waals surface area contributed by atoms with Crippen LogP contribution in [0, 0.1) is 0 Å². The molecule has 94 valence electrons. The molecule has 0 aromatic carbocycles. The summed E-state index contributed by atoms with van der Waals surface area (Å²) in [7, 11) is 0. The third kappa shape index (κ3) is 31.4. The molecule has 9 heteroatoms. The first kappa shape index (κ1) is 20.6. The number of rotatable bonds is 2. The lowest BCUT2D eigenvalue weighted by atomic mass is 10.4. The maximum absolute atomic E-state index is 10.6. The fourth-order valence-corrected chi connectivity index (χ4v) is 0.340. The number of halogens is 1. The van der Waals surface area contributed by atoms with Gasteiger partial charge in [0.2, 0.25) is 0 Å². The van der Waals surface area contributed by atoms with Crippen molar-refractivity contribution < 1.29 is 24.2 Å². The number of hydrogen-bond donors (Lipinski definition) is 4. The van der Waals surface area contributed by atoms with Gasteiger partial charge in [-0.25, -0.2) is 0 Å². The summed E-state index contributed by atoms with van der Waals surface area (Å²) in [6, 6.07) is -0.507. The van der Waals surface area contributed by atoms with Crippen LogP contribution in [0.1, 0.15) is 20.8 Å². The Morgan fingerprint density at radius 3 is 1.67 bits per heavy atom. The van der Waals surface area contributed by atoms with Gasteiger partial charge in [0, 0.05) is 0 Å². The molecule has 0 aliphatic rings. The highest BCUT2D eigenvalue weighted by molar-refractivity contribution is 8.06. The topological polar surface area (TPSA) is 113 Å². The number of hydrogen-bond acceptors (Lipinski definition) is 4. The van der Waals surface area contributed by atoms with Crippen LogP contribution in [0.15, 0.2) is 0 Å². The molecule has 0 fully saturated rings. The van der Waals surface area contributed by atoms with Gasteiger partial charge in [-0.2, -0.15) is 0 Å². The van der Waals surface area contributed by atoms with Crippen LogP contribution in [-0.2, 0) is 21.3 Å². The average molecular weight is 282 g/mol. The molecule has 5 N–H and O–H groups in total.